The Balaban J connectivity index is 2.66. The minimum Gasteiger partial charge on any atom is -0.352 e. The van der Waals surface area contributed by atoms with Gasteiger partial charge in [0.2, 0.25) is 5.91 Å². The lowest BCUT2D eigenvalue weighted by atomic mass is 9.98. The van der Waals surface area contributed by atoms with Crippen LogP contribution in [0.25, 0.3) is 0 Å². The van der Waals surface area contributed by atoms with Gasteiger partial charge < -0.3 is 11.1 Å². The van der Waals surface area contributed by atoms with Gasteiger partial charge >= 0.3 is 0 Å². The standard InChI is InChI=1S/C15H24N2O/c1-10(2)13-6-5-11(3)14(8-13)9-17-15(18)7-12(4)16/h5-6,8,10,12H,7,9,16H2,1-4H3,(H,17,18). The number of amides is 1. The van der Waals surface area contributed by atoms with E-state index in [4.69, 9.17) is 5.73 Å². The summed E-state index contributed by atoms with van der Waals surface area (Å²) >= 11 is 0. The molecule has 1 unspecified atom stereocenters. The van der Waals surface area contributed by atoms with Crippen LogP contribution in [0.1, 0.15) is 49.8 Å². The summed E-state index contributed by atoms with van der Waals surface area (Å²) in [4.78, 5) is 11.6. The number of aryl methyl sites for hydroxylation is 1. The molecule has 0 fully saturated rings. The highest BCUT2D eigenvalue weighted by atomic mass is 16.1. The third-order valence-electron chi connectivity index (χ3n) is 3.02. The van der Waals surface area contributed by atoms with Gasteiger partial charge in [-0.15, -0.1) is 0 Å². The molecule has 0 saturated carbocycles. The van der Waals surface area contributed by atoms with Gasteiger partial charge in [-0.05, 0) is 36.5 Å². The van der Waals surface area contributed by atoms with Crippen molar-refractivity contribution < 1.29 is 4.79 Å². The molecular weight excluding hydrogens is 224 g/mol. The molecule has 0 saturated heterocycles. The average molecular weight is 248 g/mol. The second kappa shape index (κ2) is 6.55. The van der Waals surface area contributed by atoms with Crippen LogP contribution in [-0.4, -0.2) is 11.9 Å². The molecule has 3 N–H and O–H groups in total. The molecule has 1 amide bonds. The van der Waals surface area contributed by atoms with Crippen LogP contribution in [0.5, 0.6) is 0 Å². The number of hydrogen-bond acceptors (Lipinski definition) is 2. The van der Waals surface area contributed by atoms with Gasteiger partial charge in [0.25, 0.3) is 0 Å². The van der Waals surface area contributed by atoms with Crippen molar-refractivity contribution in [2.24, 2.45) is 5.73 Å². The highest BCUT2D eigenvalue weighted by molar-refractivity contribution is 5.76. The Kier molecular flexibility index (Phi) is 5.35. The Morgan fingerprint density at radius 1 is 1.33 bits per heavy atom. The summed E-state index contributed by atoms with van der Waals surface area (Å²) in [7, 11) is 0. The predicted octanol–water partition coefficient (Wildman–Crippen LogP) is 2.47. The molecule has 0 aliphatic rings. The van der Waals surface area contributed by atoms with E-state index in [1.54, 1.807) is 0 Å². The number of nitrogens with two attached hydrogens (primary N) is 1. The number of carbonyl (C=O) groups excluding carboxylic acids is 1. The molecule has 18 heavy (non-hydrogen) atoms. The number of rotatable bonds is 5. The van der Waals surface area contributed by atoms with Crippen LogP contribution in [0.15, 0.2) is 18.2 Å². The Morgan fingerprint density at radius 3 is 2.56 bits per heavy atom. The second-order valence-electron chi connectivity index (χ2n) is 5.30. The maximum absolute atomic E-state index is 11.6. The minimum absolute atomic E-state index is 0.0133. The van der Waals surface area contributed by atoms with Crippen LogP contribution in [0.4, 0.5) is 0 Å². The maximum Gasteiger partial charge on any atom is 0.221 e. The molecule has 3 heteroatoms. The van der Waals surface area contributed by atoms with Crippen LogP contribution in [0.3, 0.4) is 0 Å². The van der Waals surface area contributed by atoms with Gasteiger partial charge in [-0.3, -0.25) is 4.79 Å². The Morgan fingerprint density at radius 2 is 2.00 bits per heavy atom. The van der Waals surface area contributed by atoms with E-state index in [9.17, 15) is 4.79 Å². The molecule has 0 bridgehead atoms. The first-order chi connectivity index (χ1) is 8.40. The van der Waals surface area contributed by atoms with Crippen LogP contribution in [-0.2, 0) is 11.3 Å². The van der Waals surface area contributed by atoms with Gasteiger partial charge in [-0.1, -0.05) is 32.0 Å². The lowest BCUT2D eigenvalue weighted by Gasteiger charge is -2.12. The van der Waals surface area contributed by atoms with Crippen molar-refractivity contribution in [1.29, 1.82) is 0 Å². The summed E-state index contributed by atoms with van der Waals surface area (Å²) in [5.41, 5.74) is 9.29. The van der Waals surface area contributed by atoms with Crippen LogP contribution in [0.2, 0.25) is 0 Å². The third-order valence-corrected chi connectivity index (χ3v) is 3.02. The van der Waals surface area contributed by atoms with Crippen LogP contribution >= 0.6 is 0 Å². The molecular formula is C15H24N2O. The molecule has 1 atom stereocenters. The summed E-state index contributed by atoms with van der Waals surface area (Å²) in [5.74, 6) is 0.517. The van der Waals surface area contributed by atoms with Crippen molar-refractivity contribution in [1.82, 2.24) is 5.32 Å². The number of nitrogens with one attached hydrogen (secondary N) is 1. The first-order valence-corrected chi connectivity index (χ1v) is 6.52. The molecule has 1 aromatic rings. The molecule has 0 heterocycles. The van der Waals surface area contributed by atoms with Crippen molar-refractivity contribution >= 4 is 5.91 Å². The quantitative estimate of drug-likeness (QED) is 0.841. The van der Waals surface area contributed by atoms with Gasteiger partial charge in [0.15, 0.2) is 0 Å². The molecule has 1 rings (SSSR count). The van der Waals surface area contributed by atoms with Gasteiger partial charge in [-0.2, -0.15) is 0 Å². The Labute approximate surface area is 110 Å². The zero-order valence-corrected chi connectivity index (χ0v) is 11.8. The van der Waals surface area contributed by atoms with E-state index in [0.717, 1.165) is 0 Å². The molecule has 0 aliphatic carbocycles. The van der Waals surface area contributed by atoms with Crippen molar-refractivity contribution in [3.63, 3.8) is 0 Å². The zero-order chi connectivity index (χ0) is 13.7. The van der Waals surface area contributed by atoms with Gasteiger partial charge in [0, 0.05) is 19.0 Å². The number of carbonyl (C=O) groups is 1. The van der Waals surface area contributed by atoms with Crippen LogP contribution < -0.4 is 11.1 Å². The molecule has 100 valence electrons. The summed E-state index contributed by atoms with van der Waals surface area (Å²) in [6.07, 6.45) is 0.378. The highest BCUT2D eigenvalue weighted by Crippen LogP contribution is 2.18. The van der Waals surface area contributed by atoms with E-state index in [0.29, 0.717) is 18.9 Å². The van der Waals surface area contributed by atoms with E-state index in [-0.39, 0.29) is 11.9 Å². The molecule has 0 aromatic heterocycles. The first-order valence-electron chi connectivity index (χ1n) is 6.52. The number of benzene rings is 1. The minimum atomic E-state index is -0.0897. The molecule has 0 aliphatic heterocycles. The molecule has 0 spiro atoms. The summed E-state index contributed by atoms with van der Waals surface area (Å²) < 4.78 is 0. The van der Waals surface area contributed by atoms with Crippen LogP contribution in [0, 0.1) is 6.92 Å². The molecule has 0 radical (unpaired) electrons. The fourth-order valence-electron chi connectivity index (χ4n) is 1.80. The highest BCUT2D eigenvalue weighted by Gasteiger charge is 2.07. The van der Waals surface area contributed by atoms with E-state index >= 15 is 0 Å². The lowest BCUT2D eigenvalue weighted by Crippen LogP contribution is -2.29. The van der Waals surface area contributed by atoms with E-state index < -0.39 is 0 Å². The van der Waals surface area contributed by atoms with Gasteiger partial charge in [0.05, 0.1) is 0 Å². The fraction of sp³-hybridized carbons (Fsp3) is 0.533. The van der Waals surface area contributed by atoms with Gasteiger partial charge in [-0.25, -0.2) is 0 Å². The summed E-state index contributed by atoms with van der Waals surface area (Å²) in [6.45, 7) is 8.82. The fourth-order valence-corrected chi connectivity index (χ4v) is 1.80. The van der Waals surface area contributed by atoms with E-state index in [1.165, 1.54) is 16.7 Å². The maximum atomic E-state index is 11.6. The Hall–Kier alpha value is -1.35. The second-order valence-corrected chi connectivity index (χ2v) is 5.30. The predicted molar refractivity (Wildman–Crippen MR) is 75.4 cm³/mol. The normalized spacial score (nSPS) is 12.6. The topological polar surface area (TPSA) is 55.1 Å². The van der Waals surface area contributed by atoms with Gasteiger partial charge in [0.1, 0.15) is 0 Å². The van der Waals surface area contributed by atoms with E-state index in [2.05, 4.69) is 44.3 Å². The zero-order valence-electron chi connectivity index (χ0n) is 11.8. The SMILES string of the molecule is Cc1ccc(C(C)C)cc1CNC(=O)CC(C)N. The third kappa shape index (κ3) is 4.49. The van der Waals surface area contributed by atoms with Crippen molar-refractivity contribution in [2.45, 2.75) is 52.6 Å². The van der Waals surface area contributed by atoms with Crippen molar-refractivity contribution in [3.05, 3.63) is 34.9 Å². The van der Waals surface area contributed by atoms with Crippen molar-refractivity contribution in [2.75, 3.05) is 0 Å². The lowest BCUT2D eigenvalue weighted by molar-refractivity contribution is -0.121. The first kappa shape index (κ1) is 14.7. The number of hydrogen-bond donors (Lipinski definition) is 2. The largest absolute Gasteiger partial charge is 0.352 e. The molecule has 1 aromatic carbocycles. The smallest absolute Gasteiger partial charge is 0.221 e. The van der Waals surface area contributed by atoms with E-state index in [1.807, 2.05) is 6.92 Å². The summed E-state index contributed by atoms with van der Waals surface area (Å²) in [6, 6.07) is 6.34. The Bertz CT molecular complexity index is 411. The monoisotopic (exact) mass is 248 g/mol. The van der Waals surface area contributed by atoms with Crippen molar-refractivity contribution in [3.8, 4) is 0 Å². The average Bonchev–Trinajstić information content (AvgIpc) is 2.26. The summed E-state index contributed by atoms with van der Waals surface area (Å²) in [5, 5.41) is 2.92. The molecule has 3 nitrogen and oxygen atoms in total.